The SMILES string of the molecule is CCCCCCCCCCCCCCCCCOCC(CO[Si](C)(C)C)O[Si](C)(C)C. The molecule has 0 saturated carbocycles. The smallest absolute Gasteiger partial charge is 0.184 e. The number of rotatable bonds is 23. The third-order valence-corrected chi connectivity index (χ3v) is 7.49. The topological polar surface area (TPSA) is 27.7 Å². The van der Waals surface area contributed by atoms with Crippen LogP contribution in [0.25, 0.3) is 0 Å². The summed E-state index contributed by atoms with van der Waals surface area (Å²) < 4.78 is 18.3. The second-order valence-electron chi connectivity index (χ2n) is 11.3. The molecular weight excluding hydrogens is 416 g/mol. The predicted octanol–water partition coefficient (Wildman–Crippen LogP) is 8.95. The van der Waals surface area contributed by atoms with Crippen molar-refractivity contribution in [1.82, 2.24) is 0 Å². The second kappa shape index (κ2) is 19.8. The molecule has 0 N–H and O–H groups in total. The molecule has 1 atom stereocenters. The minimum Gasteiger partial charge on any atom is -0.415 e. The van der Waals surface area contributed by atoms with Gasteiger partial charge in [0.2, 0.25) is 0 Å². The zero-order valence-corrected chi connectivity index (χ0v) is 24.5. The van der Waals surface area contributed by atoms with Gasteiger partial charge in [0.25, 0.3) is 0 Å². The third-order valence-electron chi connectivity index (χ3n) is 5.42. The van der Waals surface area contributed by atoms with Crippen LogP contribution in [0.15, 0.2) is 0 Å². The van der Waals surface area contributed by atoms with Crippen molar-refractivity contribution in [3.63, 3.8) is 0 Å². The van der Waals surface area contributed by atoms with Crippen LogP contribution in [0.4, 0.5) is 0 Å². The largest absolute Gasteiger partial charge is 0.415 e. The highest BCUT2D eigenvalue weighted by Gasteiger charge is 2.24. The second-order valence-corrected chi connectivity index (χ2v) is 20.3. The zero-order chi connectivity index (χ0) is 23.4. The van der Waals surface area contributed by atoms with E-state index in [4.69, 9.17) is 13.6 Å². The molecule has 0 aliphatic rings. The van der Waals surface area contributed by atoms with Gasteiger partial charge in [-0.25, -0.2) is 0 Å². The van der Waals surface area contributed by atoms with Crippen molar-refractivity contribution in [2.45, 2.75) is 149 Å². The normalized spacial score (nSPS) is 13.6. The van der Waals surface area contributed by atoms with E-state index < -0.39 is 16.6 Å². The number of hydrogen-bond donors (Lipinski definition) is 0. The van der Waals surface area contributed by atoms with Crippen LogP contribution in [0.3, 0.4) is 0 Å². The van der Waals surface area contributed by atoms with Crippen LogP contribution >= 0.6 is 0 Å². The van der Waals surface area contributed by atoms with Crippen molar-refractivity contribution in [3.8, 4) is 0 Å². The third kappa shape index (κ3) is 26.4. The molecule has 0 fully saturated rings. The summed E-state index contributed by atoms with van der Waals surface area (Å²) in [5, 5.41) is 0. The first-order chi connectivity index (χ1) is 14.6. The molecule has 0 aromatic rings. The summed E-state index contributed by atoms with van der Waals surface area (Å²) in [4.78, 5) is 0. The highest BCUT2D eigenvalue weighted by atomic mass is 28.4. The number of ether oxygens (including phenoxy) is 1. The number of unbranched alkanes of at least 4 members (excludes halogenated alkanes) is 14. The molecule has 0 aromatic heterocycles. The van der Waals surface area contributed by atoms with Gasteiger partial charge in [-0.2, -0.15) is 0 Å². The van der Waals surface area contributed by atoms with Gasteiger partial charge < -0.3 is 13.6 Å². The van der Waals surface area contributed by atoms with Crippen molar-refractivity contribution < 1.29 is 13.6 Å². The van der Waals surface area contributed by atoms with Crippen LogP contribution in [0.5, 0.6) is 0 Å². The summed E-state index contributed by atoms with van der Waals surface area (Å²) >= 11 is 0. The first kappa shape index (κ1) is 31.3. The average molecular weight is 475 g/mol. The van der Waals surface area contributed by atoms with Crippen LogP contribution < -0.4 is 0 Å². The van der Waals surface area contributed by atoms with E-state index in [1.165, 1.54) is 96.3 Å². The van der Waals surface area contributed by atoms with Gasteiger partial charge in [0.15, 0.2) is 16.6 Å². The Morgan fingerprint density at radius 3 is 1.32 bits per heavy atom. The minimum atomic E-state index is -1.57. The molecule has 0 heterocycles. The summed E-state index contributed by atoms with van der Waals surface area (Å²) in [6, 6.07) is 0. The van der Waals surface area contributed by atoms with E-state index in [0.29, 0.717) is 13.2 Å². The highest BCUT2D eigenvalue weighted by Crippen LogP contribution is 2.14. The van der Waals surface area contributed by atoms with Gasteiger partial charge in [0.05, 0.1) is 19.3 Å². The lowest BCUT2D eigenvalue weighted by Crippen LogP contribution is -2.40. The first-order valence-electron chi connectivity index (χ1n) is 13.5. The fraction of sp³-hybridized carbons (Fsp3) is 1.00. The molecule has 188 valence electrons. The number of hydrogen-bond acceptors (Lipinski definition) is 3. The highest BCUT2D eigenvalue weighted by molar-refractivity contribution is 6.70. The summed E-state index contributed by atoms with van der Waals surface area (Å²) in [5.41, 5.74) is 0. The molecule has 3 nitrogen and oxygen atoms in total. The van der Waals surface area contributed by atoms with Gasteiger partial charge >= 0.3 is 0 Å². The van der Waals surface area contributed by atoms with Gasteiger partial charge in [0, 0.05) is 6.61 Å². The van der Waals surface area contributed by atoms with Gasteiger partial charge in [0.1, 0.15) is 0 Å². The predicted molar refractivity (Wildman–Crippen MR) is 143 cm³/mol. The van der Waals surface area contributed by atoms with Crippen molar-refractivity contribution in [1.29, 1.82) is 0 Å². The molecule has 0 amide bonds. The van der Waals surface area contributed by atoms with Crippen molar-refractivity contribution >= 4 is 16.6 Å². The molecule has 0 spiro atoms. The average Bonchev–Trinajstić information content (AvgIpc) is 2.66. The van der Waals surface area contributed by atoms with E-state index in [9.17, 15) is 0 Å². The van der Waals surface area contributed by atoms with Crippen LogP contribution in [0, 0.1) is 0 Å². The molecule has 0 aromatic carbocycles. The lowest BCUT2D eigenvalue weighted by molar-refractivity contribution is 0.0190. The Hall–Kier alpha value is 0.314. The molecule has 0 aliphatic carbocycles. The Kier molecular flexibility index (Phi) is 20.0. The summed E-state index contributed by atoms with van der Waals surface area (Å²) in [6.07, 6.45) is 21.1. The monoisotopic (exact) mass is 474 g/mol. The van der Waals surface area contributed by atoms with E-state index in [-0.39, 0.29) is 6.10 Å². The van der Waals surface area contributed by atoms with E-state index in [0.717, 1.165) is 6.61 Å². The van der Waals surface area contributed by atoms with Crippen LogP contribution in [-0.4, -0.2) is 42.6 Å². The van der Waals surface area contributed by atoms with E-state index >= 15 is 0 Å². The van der Waals surface area contributed by atoms with Crippen molar-refractivity contribution in [2.75, 3.05) is 19.8 Å². The van der Waals surface area contributed by atoms with Crippen molar-refractivity contribution in [2.24, 2.45) is 0 Å². The Bertz CT molecular complexity index is 378. The summed E-state index contributed by atoms with van der Waals surface area (Å²) in [7, 11) is -3.08. The molecule has 0 bridgehead atoms. The van der Waals surface area contributed by atoms with Crippen LogP contribution in [0.1, 0.15) is 103 Å². The standard InChI is InChI=1S/C26H58O3Si2/c1-8-9-10-11-12-13-14-15-16-17-18-19-20-21-22-23-27-24-26(29-31(5,6)7)25-28-30(2,3)4/h26H,8-25H2,1-7H3. The summed E-state index contributed by atoms with van der Waals surface area (Å²) in [5.74, 6) is 0. The van der Waals surface area contributed by atoms with E-state index in [1.807, 2.05) is 0 Å². The molecule has 0 saturated heterocycles. The van der Waals surface area contributed by atoms with Crippen molar-refractivity contribution in [3.05, 3.63) is 0 Å². The lowest BCUT2D eigenvalue weighted by atomic mass is 10.0. The Morgan fingerprint density at radius 2 is 0.935 bits per heavy atom. The molecule has 5 heteroatoms. The quantitative estimate of drug-likeness (QED) is 0.109. The zero-order valence-electron chi connectivity index (χ0n) is 22.5. The summed E-state index contributed by atoms with van der Waals surface area (Å²) in [6.45, 7) is 17.9. The molecule has 0 radical (unpaired) electrons. The van der Waals surface area contributed by atoms with Crippen LogP contribution in [-0.2, 0) is 13.6 Å². The van der Waals surface area contributed by atoms with Gasteiger partial charge in [-0.05, 0) is 45.7 Å². The maximum Gasteiger partial charge on any atom is 0.184 e. The molecular formula is C26H58O3Si2. The Morgan fingerprint density at radius 1 is 0.516 bits per heavy atom. The van der Waals surface area contributed by atoms with Crippen LogP contribution in [0.2, 0.25) is 39.3 Å². The molecule has 0 aliphatic heterocycles. The lowest BCUT2D eigenvalue weighted by Gasteiger charge is -2.29. The molecule has 31 heavy (non-hydrogen) atoms. The maximum atomic E-state index is 6.27. The minimum absolute atomic E-state index is 0.0923. The molecule has 0 rings (SSSR count). The van der Waals surface area contributed by atoms with Gasteiger partial charge in [-0.1, -0.05) is 96.8 Å². The Balaban J connectivity index is 3.51. The fourth-order valence-corrected chi connectivity index (χ4v) is 5.57. The van der Waals surface area contributed by atoms with Gasteiger partial charge in [-0.3, -0.25) is 0 Å². The van der Waals surface area contributed by atoms with E-state index in [1.54, 1.807) is 0 Å². The first-order valence-corrected chi connectivity index (χ1v) is 20.4. The maximum absolute atomic E-state index is 6.27. The van der Waals surface area contributed by atoms with E-state index in [2.05, 4.69) is 46.2 Å². The Labute approximate surface area is 198 Å². The molecule has 1 unspecified atom stereocenters. The van der Waals surface area contributed by atoms with Gasteiger partial charge in [-0.15, -0.1) is 0 Å². The fourth-order valence-electron chi connectivity index (χ4n) is 3.75.